The van der Waals surface area contributed by atoms with Crippen LogP contribution in [-0.2, 0) is 10.9 Å². The van der Waals surface area contributed by atoms with Crippen molar-refractivity contribution in [3.05, 3.63) is 22.8 Å². The average Bonchev–Trinajstić information content (AvgIpc) is 2.28. The highest BCUT2D eigenvalue weighted by atomic mass is 35.5. The van der Waals surface area contributed by atoms with E-state index in [1.165, 1.54) is 7.11 Å². The third kappa shape index (κ3) is 4.03. The highest BCUT2D eigenvalue weighted by molar-refractivity contribution is 6.29. The number of likely N-dealkylation sites (N-methyl/N-ethyl adjacent to an activating group) is 1. The summed E-state index contributed by atoms with van der Waals surface area (Å²) in [5, 5.41) is -0.171. The van der Waals surface area contributed by atoms with Crippen LogP contribution in [0.3, 0.4) is 0 Å². The van der Waals surface area contributed by atoms with E-state index in [4.69, 9.17) is 16.3 Å². The molecule has 0 unspecified atom stereocenters. The first kappa shape index (κ1) is 15.0. The number of ether oxygens (including phenoxy) is 1. The molecule has 18 heavy (non-hydrogen) atoms. The standard InChI is InChI=1S/C11H14ClF3N2O/c1-3-17(4-5-18-2)10-7-8(11(13,14)15)6-9(12)16-10/h6-7H,3-5H2,1-2H3. The fourth-order valence-electron chi connectivity index (χ4n) is 1.44. The number of halogens is 4. The van der Waals surface area contributed by atoms with E-state index in [-0.39, 0.29) is 11.0 Å². The largest absolute Gasteiger partial charge is 0.416 e. The van der Waals surface area contributed by atoms with Crippen LogP contribution in [0.5, 0.6) is 0 Å². The molecule has 1 aromatic rings. The molecule has 0 bridgehead atoms. The number of pyridine rings is 1. The lowest BCUT2D eigenvalue weighted by Crippen LogP contribution is -2.28. The maximum atomic E-state index is 12.6. The molecule has 0 aromatic carbocycles. The normalized spacial score (nSPS) is 11.7. The summed E-state index contributed by atoms with van der Waals surface area (Å²) in [4.78, 5) is 5.58. The highest BCUT2D eigenvalue weighted by Gasteiger charge is 2.32. The second-order valence-corrected chi connectivity index (χ2v) is 3.99. The van der Waals surface area contributed by atoms with E-state index in [1.54, 1.807) is 4.90 Å². The van der Waals surface area contributed by atoms with E-state index in [2.05, 4.69) is 4.98 Å². The number of rotatable bonds is 5. The van der Waals surface area contributed by atoms with Gasteiger partial charge in [-0.15, -0.1) is 0 Å². The van der Waals surface area contributed by atoms with E-state index in [9.17, 15) is 13.2 Å². The summed E-state index contributed by atoms with van der Waals surface area (Å²) in [6, 6.07) is 1.81. The van der Waals surface area contributed by atoms with E-state index in [0.29, 0.717) is 19.7 Å². The average molecular weight is 283 g/mol. The van der Waals surface area contributed by atoms with Gasteiger partial charge in [-0.25, -0.2) is 4.98 Å². The van der Waals surface area contributed by atoms with Gasteiger partial charge in [0, 0.05) is 20.2 Å². The molecule has 0 fully saturated rings. The highest BCUT2D eigenvalue weighted by Crippen LogP contribution is 2.32. The van der Waals surface area contributed by atoms with Crippen LogP contribution in [0.2, 0.25) is 5.15 Å². The SMILES string of the molecule is CCN(CCOC)c1cc(C(F)(F)F)cc(Cl)n1. The number of hydrogen-bond acceptors (Lipinski definition) is 3. The van der Waals surface area contributed by atoms with Gasteiger partial charge in [0.25, 0.3) is 0 Å². The van der Waals surface area contributed by atoms with E-state index in [1.807, 2.05) is 6.92 Å². The van der Waals surface area contributed by atoms with Gasteiger partial charge in [-0.05, 0) is 19.1 Å². The third-order valence-electron chi connectivity index (χ3n) is 2.38. The van der Waals surface area contributed by atoms with Gasteiger partial charge >= 0.3 is 6.18 Å². The Bertz CT molecular complexity index is 398. The van der Waals surface area contributed by atoms with Crippen molar-refractivity contribution >= 4 is 17.4 Å². The predicted molar refractivity (Wildman–Crippen MR) is 64.0 cm³/mol. The first-order valence-corrected chi connectivity index (χ1v) is 5.75. The van der Waals surface area contributed by atoms with Crippen molar-refractivity contribution in [3.8, 4) is 0 Å². The molecule has 0 aliphatic carbocycles. The van der Waals surface area contributed by atoms with Gasteiger partial charge in [-0.2, -0.15) is 13.2 Å². The minimum Gasteiger partial charge on any atom is -0.383 e. The maximum absolute atomic E-state index is 12.6. The summed E-state index contributed by atoms with van der Waals surface area (Å²) in [5.41, 5.74) is -0.798. The summed E-state index contributed by atoms with van der Waals surface area (Å²) in [7, 11) is 1.53. The molecule has 7 heteroatoms. The lowest BCUT2D eigenvalue weighted by molar-refractivity contribution is -0.137. The number of alkyl halides is 3. The van der Waals surface area contributed by atoms with Crippen molar-refractivity contribution in [2.45, 2.75) is 13.1 Å². The van der Waals surface area contributed by atoms with Crippen molar-refractivity contribution < 1.29 is 17.9 Å². The van der Waals surface area contributed by atoms with Gasteiger partial charge in [-0.3, -0.25) is 0 Å². The molecule has 0 atom stereocenters. The van der Waals surface area contributed by atoms with Crippen LogP contribution in [0.25, 0.3) is 0 Å². The van der Waals surface area contributed by atoms with Gasteiger partial charge in [0.2, 0.25) is 0 Å². The van der Waals surface area contributed by atoms with Crippen LogP contribution >= 0.6 is 11.6 Å². The Morgan fingerprint density at radius 1 is 1.39 bits per heavy atom. The first-order valence-electron chi connectivity index (χ1n) is 5.37. The predicted octanol–water partition coefficient (Wildman–Crippen LogP) is 3.23. The number of methoxy groups -OCH3 is 1. The minimum atomic E-state index is -4.43. The smallest absolute Gasteiger partial charge is 0.383 e. The number of anilines is 1. The molecule has 3 nitrogen and oxygen atoms in total. The number of nitrogens with zero attached hydrogens (tertiary/aromatic N) is 2. The Hall–Kier alpha value is -1.01. The van der Waals surface area contributed by atoms with E-state index < -0.39 is 11.7 Å². The molecular formula is C11H14ClF3N2O. The van der Waals surface area contributed by atoms with Crippen LogP contribution in [0.15, 0.2) is 12.1 Å². The maximum Gasteiger partial charge on any atom is 0.416 e. The molecular weight excluding hydrogens is 269 g/mol. The molecule has 0 saturated carbocycles. The quantitative estimate of drug-likeness (QED) is 0.775. The van der Waals surface area contributed by atoms with Crippen molar-refractivity contribution in [1.29, 1.82) is 0 Å². The molecule has 0 amide bonds. The third-order valence-corrected chi connectivity index (χ3v) is 2.57. The van der Waals surface area contributed by atoms with Crippen LogP contribution in [0.1, 0.15) is 12.5 Å². The van der Waals surface area contributed by atoms with Crippen LogP contribution in [0.4, 0.5) is 19.0 Å². The molecule has 1 aromatic heterocycles. The monoisotopic (exact) mass is 282 g/mol. The molecule has 0 saturated heterocycles. The molecule has 0 radical (unpaired) electrons. The van der Waals surface area contributed by atoms with Crippen LogP contribution in [-0.4, -0.2) is 31.8 Å². The molecule has 0 aliphatic heterocycles. The fourth-order valence-corrected chi connectivity index (χ4v) is 1.65. The molecule has 1 rings (SSSR count). The van der Waals surface area contributed by atoms with Crippen molar-refractivity contribution in [2.75, 3.05) is 31.7 Å². The minimum absolute atomic E-state index is 0.171. The van der Waals surface area contributed by atoms with Gasteiger partial charge in [0.05, 0.1) is 12.2 Å². The fraction of sp³-hybridized carbons (Fsp3) is 0.545. The Morgan fingerprint density at radius 2 is 2.06 bits per heavy atom. The summed E-state index contributed by atoms with van der Waals surface area (Å²) in [6.45, 7) is 3.21. The summed E-state index contributed by atoms with van der Waals surface area (Å²) in [5.74, 6) is 0.203. The van der Waals surface area contributed by atoms with Gasteiger partial charge in [0.1, 0.15) is 11.0 Å². The second-order valence-electron chi connectivity index (χ2n) is 3.61. The second kappa shape index (κ2) is 6.24. The Kier molecular flexibility index (Phi) is 5.22. The summed E-state index contributed by atoms with van der Waals surface area (Å²) in [6.07, 6.45) is -4.43. The van der Waals surface area contributed by atoms with E-state index >= 15 is 0 Å². The molecule has 102 valence electrons. The van der Waals surface area contributed by atoms with Crippen LogP contribution < -0.4 is 4.90 Å². The summed E-state index contributed by atoms with van der Waals surface area (Å²) >= 11 is 5.62. The van der Waals surface area contributed by atoms with Gasteiger partial charge < -0.3 is 9.64 Å². The lowest BCUT2D eigenvalue weighted by Gasteiger charge is -2.22. The number of hydrogen-bond donors (Lipinski definition) is 0. The summed E-state index contributed by atoms with van der Waals surface area (Å²) < 4.78 is 42.8. The van der Waals surface area contributed by atoms with Crippen molar-refractivity contribution in [2.24, 2.45) is 0 Å². The lowest BCUT2D eigenvalue weighted by atomic mass is 10.2. The Labute approximate surface area is 109 Å². The Balaban J connectivity index is 3.04. The molecule has 0 spiro atoms. The molecule has 1 heterocycles. The van der Waals surface area contributed by atoms with Crippen LogP contribution in [0, 0.1) is 0 Å². The van der Waals surface area contributed by atoms with Gasteiger partial charge in [-0.1, -0.05) is 11.6 Å². The zero-order valence-electron chi connectivity index (χ0n) is 10.1. The molecule has 0 N–H and O–H groups in total. The van der Waals surface area contributed by atoms with E-state index in [0.717, 1.165) is 12.1 Å². The number of aromatic nitrogens is 1. The zero-order chi connectivity index (χ0) is 13.8. The zero-order valence-corrected chi connectivity index (χ0v) is 10.8. The van der Waals surface area contributed by atoms with Crippen molar-refractivity contribution in [3.63, 3.8) is 0 Å². The first-order chi connectivity index (χ1) is 8.38. The van der Waals surface area contributed by atoms with Gasteiger partial charge in [0.15, 0.2) is 0 Å². The Morgan fingerprint density at radius 3 is 2.56 bits per heavy atom. The molecule has 0 aliphatic rings. The van der Waals surface area contributed by atoms with Crippen molar-refractivity contribution in [1.82, 2.24) is 4.98 Å². The topological polar surface area (TPSA) is 25.4 Å².